The van der Waals surface area contributed by atoms with Crippen molar-refractivity contribution >= 4 is 12.0 Å². The minimum Gasteiger partial charge on any atom is -0.477 e. The van der Waals surface area contributed by atoms with Gasteiger partial charge in [-0.1, -0.05) is 19.9 Å². The largest absolute Gasteiger partial charge is 0.477 e. The SMILES string of the molecule is CC(C)CCCNC(=O)NCc1ccc(C(=O)O)nc1. The minimum absolute atomic E-state index is 0.00751. The molecule has 110 valence electrons. The maximum absolute atomic E-state index is 11.5. The van der Waals surface area contributed by atoms with Gasteiger partial charge in [-0.25, -0.2) is 14.6 Å². The van der Waals surface area contributed by atoms with Crippen molar-refractivity contribution in [3.63, 3.8) is 0 Å². The van der Waals surface area contributed by atoms with E-state index in [0.717, 1.165) is 18.4 Å². The van der Waals surface area contributed by atoms with Crippen LogP contribution in [0.15, 0.2) is 18.3 Å². The van der Waals surface area contributed by atoms with Crippen LogP contribution in [-0.4, -0.2) is 28.6 Å². The third-order valence-electron chi connectivity index (χ3n) is 2.74. The molecule has 0 radical (unpaired) electrons. The number of aromatic carboxylic acids is 1. The van der Waals surface area contributed by atoms with Crippen LogP contribution in [0.3, 0.4) is 0 Å². The summed E-state index contributed by atoms with van der Waals surface area (Å²) in [5.41, 5.74) is 0.749. The quantitative estimate of drug-likeness (QED) is 0.666. The van der Waals surface area contributed by atoms with Gasteiger partial charge in [0.1, 0.15) is 5.69 Å². The molecule has 0 bridgehead atoms. The molecular formula is C14H21N3O3. The number of carbonyl (C=O) groups is 2. The van der Waals surface area contributed by atoms with Crippen molar-refractivity contribution in [2.45, 2.75) is 33.2 Å². The van der Waals surface area contributed by atoms with Crippen molar-refractivity contribution in [3.05, 3.63) is 29.6 Å². The normalized spacial score (nSPS) is 10.3. The fourth-order valence-electron chi connectivity index (χ4n) is 1.61. The minimum atomic E-state index is -1.06. The predicted octanol–water partition coefficient (Wildman–Crippen LogP) is 2.02. The second kappa shape index (κ2) is 8.14. The maximum atomic E-state index is 11.5. The molecule has 1 aromatic heterocycles. The smallest absolute Gasteiger partial charge is 0.354 e. The number of carboxylic acids is 1. The summed E-state index contributed by atoms with van der Waals surface area (Å²) < 4.78 is 0. The zero-order valence-corrected chi connectivity index (χ0v) is 11.8. The molecule has 1 aromatic rings. The molecule has 2 amide bonds. The van der Waals surface area contributed by atoms with Gasteiger partial charge in [0.25, 0.3) is 0 Å². The number of carboxylic acid groups (broad SMARTS) is 1. The number of urea groups is 1. The standard InChI is InChI=1S/C14H21N3O3/c1-10(2)4-3-7-15-14(20)17-9-11-5-6-12(13(18)19)16-8-11/h5-6,8,10H,3-4,7,9H2,1-2H3,(H,18,19)(H2,15,17,20). The van der Waals surface area contributed by atoms with Crippen LogP contribution in [0, 0.1) is 5.92 Å². The molecule has 0 saturated carbocycles. The van der Waals surface area contributed by atoms with Crippen molar-refractivity contribution < 1.29 is 14.7 Å². The molecule has 0 aliphatic rings. The zero-order chi connectivity index (χ0) is 15.0. The summed E-state index contributed by atoms with van der Waals surface area (Å²) in [6, 6.07) is 2.83. The summed E-state index contributed by atoms with van der Waals surface area (Å²) in [4.78, 5) is 25.9. The lowest BCUT2D eigenvalue weighted by molar-refractivity contribution is 0.0690. The third-order valence-corrected chi connectivity index (χ3v) is 2.74. The highest BCUT2D eigenvalue weighted by atomic mass is 16.4. The number of aromatic nitrogens is 1. The molecule has 0 aliphatic heterocycles. The van der Waals surface area contributed by atoms with Crippen molar-refractivity contribution in [1.29, 1.82) is 0 Å². The van der Waals surface area contributed by atoms with Crippen LogP contribution in [0.4, 0.5) is 4.79 Å². The Bertz CT molecular complexity index is 443. The van der Waals surface area contributed by atoms with E-state index >= 15 is 0 Å². The van der Waals surface area contributed by atoms with Gasteiger partial charge in [0.2, 0.25) is 0 Å². The molecule has 0 aliphatic carbocycles. The van der Waals surface area contributed by atoms with E-state index in [1.54, 1.807) is 6.07 Å². The van der Waals surface area contributed by atoms with Gasteiger partial charge in [-0.05, 0) is 30.4 Å². The van der Waals surface area contributed by atoms with Gasteiger partial charge in [0, 0.05) is 19.3 Å². The predicted molar refractivity (Wildman–Crippen MR) is 75.5 cm³/mol. The number of amides is 2. The Morgan fingerprint density at radius 1 is 1.30 bits per heavy atom. The van der Waals surface area contributed by atoms with Crippen LogP contribution in [0.2, 0.25) is 0 Å². The fourth-order valence-corrected chi connectivity index (χ4v) is 1.61. The van der Waals surface area contributed by atoms with E-state index in [9.17, 15) is 9.59 Å². The van der Waals surface area contributed by atoms with Crippen LogP contribution in [0.5, 0.6) is 0 Å². The van der Waals surface area contributed by atoms with Gasteiger partial charge in [-0.3, -0.25) is 0 Å². The number of pyridine rings is 1. The van der Waals surface area contributed by atoms with Crippen molar-refractivity contribution in [2.75, 3.05) is 6.54 Å². The van der Waals surface area contributed by atoms with E-state index in [4.69, 9.17) is 5.11 Å². The highest BCUT2D eigenvalue weighted by Crippen LogP contribution is 2.02. The number of rotatable bonds is 7. The van der Waals surface area contributed by atoms with Crippen LogP contribution in [0.25, 0.3) is 0 Å². The lowest BCUT2D eigenvalue weighted by atomic mass is 10.1. The summed E-state index contributed by atoms with van der Waals surface area (Å²) in [5.74, 6) is -0.425. The molecule has 6 heteroatoms. The first-order valence-corrected chi connectivity index (χ1v) is 6.69. The first-order chi connectivity index (χ1) is 9.49. The number of hydrogen-bond acceptors (Lipinski definition) is 3. The lowest BCUT2D eigenvalue weighted by Gasteiger charge is -2.08. The Hall–Kier alpha value is -2.11. The van der Waals surface area contributed by atoms with E-state index in [2.05, 4.69) is 29.5 Å². The van der Waals surface area contributed by atoms with Gasteiger partial charge >= 0.3 is 12.0 Å². The topological polar surface area (TPSA) is 91.3 Å². The number of carbonyl (C=O) groups excluding carboxylic acids is 1. The molecule has 0 saturated heterocycles. The van der Waals surface area contributed by atoms with E-state index in [1.165, 1.54) is 12.3 Å². The van der Waals surface area contributed by atoms with E-state index in [1.807, 2.05) is 0 Å². The second-order valence-corrected chi connectivity index (χ2v) is 5.00. The van der Waals surface area contributed by atoms with Crippen LogP contribution in [-0.2, 0) is 6.54 Å². The van der Waals surface area contributed by atoms with Crippen LogP contribution >= 0.6 is 0 Å². The molecule has 1 rings (SSSR count). The molecule has 0 atom stereocenters. The Morgan fingerprint density at radius 3 is 2.60 bits per heavy atom. The van der Waals surface area contributed by atoms with E-state index in [-0.39, 0.29) is 11.7 Å². The summed E-state index contributed by atoms with van der Waals surface area (Å²) >= 11 is 0. The first-order valence-electron chi connectivity index (χ1n) is 6.69. The Labute approximate surface area is 118 Å². The fraction of sp³-hybridized carbons (Fsp3) is 0.500. The molecule has 0 spiro atoms. The van der Waals surface area contributed by atoms with Gasteiger partial charge in [-0.15, -0.1) is 0 Å². The van der Waals surface area contributed by atoms with Gasteiger partial charge in [0.15, 0.2) is 0 Å². The van der Waals surface area contributed by atoms with E-state index in [0.29, 0.717) is 19.0 Å². The summed E-state index contributed by atoms with van der Waals surface area (Å²) in [6.07, 6.45) is 3.49. The number of hydrogen-bond donors (Lipinski definition) is 3. The van der Waals surface area contributed by atoms with Crippen LogP contribution in [0.1, 0.15) is 42.7 Å². The van der Waals surface area contributed by atoms with Gasteiger partial charge in [-0.2, -0.15) is 0 Å². The molecule has 20 heavy (non-hydrogen) atoms. The molecule has 3 N–H and O–H groups in total. The average Bonchev–Trinajstić information content (AvgIpc) is 2.41. The Balaban J connectivity index is 2.25. The summed E-state index contributed by atoms with van der Waals surface area (Å²) in [6.45, 7) is 5.27. The van der Waals surface area contributed by atoms with Crippen molar-refractivity contribution in [2.24, 2.45) is 5.92 Å². The van der Waals surface area contributed by atoms with Crippen molar-refractivity contribution in [1.82, 2.24) is 15.6 Å². The summed E-state index contributed by atoms with van der Waals surface area (Å²) in [7, 11) is 0. The average molecular weight is 279 g/mol. The van der Waals surface area contributed by atoms with E-state index < -0.39 is 5.97 Å². The highest BCUT2D eigenvalue weighted by molar-refractivity contribution is 5.85. The first kappa shape index (κ1) is 15.9. The molecule has 6 nitrogen and oxygen atoms in total. The molecule has 0 unspecified atom stereocenters. The molecular weight excluding hydrogens is 258 g/mol. The maximum Gasteiger partial charge on any atom is 0.354 e. The number of nitrogens with one attached hydrogen (secondary N) is 2. The molecule has 0 aromatic carbocycles. The third kappa shape index (κ3) is 6.17. The van der Waals surface area contributed by atoms with Gasteiger partial charge < -0.3 is 15.7 Å². The second-order valence-electron chi connectivity index (χ2n) is 5.00. The zero-order valence-electron chi connectivity index (χ0n) is 11.8. The van der Waals surface area contributed by atoms with Crippen molar-refractivity contribution in [3.8, 4) is 0 Å². The monoisotopic (exact) mass is 279 g/mol. The Kier molecular flexibility index (Phi) is 6.49. The molecule has 1 heterocycles. The van der Waals surface area contributed by atoms with Crippen LogP contribution < -0.4 is 10.6 Å². The summed E-state index contributed by atoms with van der Waals surface area (Å²) in [5, 5.41) is 14.2. The van der Waals surface area contributed by atoms with Gasteiger partial charge in [0.05, 0.1) is 0 Å². The Morgan fingerprint density at radius 2 is 2.05 bits per heavy atom. The number of nitrogens with zero attached hydrogens (tertiary/aromatic N) is 1. The lowest BCUT2D eigenvalue weighted by Crippen LogP contribution is -2.35. The molecule has 0 fully saturated rings. The highest BCUT2D eigenvalue weighted by Gasteiger charge is 2.04.